The van der Waals surface area contributed by atoms with E-state index >= 15 is 4.39 Å². The minimum absolute atomic E-state index is 0.0965. The van der Waals surface area contributed by atoms with Crippen LogP contribution in [0.3, 0.4) is 0 Å². The second-order valence-electron chi connectivity index (χ2n) is 7.96. The first-order valence-electron chi connectivity index (χ1n) is 10.5. The smallest absolute Gasteiger partial charge is 0.251 e. The normalized spacial score (nSPS) is 16.5. The molecule has 6 nitrogen and oxygen atoms in total. The Labute approximate surface area is 192 Å². The van der Waals surface area contributed by atoms with Crippen LogP contribution in [0, 0.1) is 5.82 Å². The van der Waals surface area contributed by atoms with Crippen LogP contribution in [-0.4, -0.2) is 39.1 Å². The molecule has 0 bridgehead atoms. The van der Waals surface area contributed by atoms with Crippen LogP contribution in [0.2, 0.25) is 0 Å². The summed E-state index contributed by atoms with van der Waals surface area (Å²) in [6.45, 7) is 0.326. The zero-order chi connectivity index (χ0) is 23.6. The molecule has 1 heterocycles. The molecule has 8 heteroatoms. The Balaban J connectivity index is 1.59. The van der Waals surface area contributed by atoms with Gasteiger partial charge in [-0.15, -0.1) is 0 Å². The van der Waals surface area contributed by atoms with Gasteiger partial charge in [-0.1, -0.05) is 42.5 Å². The van der Waals surface area contributed by atoms with Gasteiger partial charge in [0.25, 0.3) is 5.91 Å². The summed E-state index contributed by atoms with van der Waals surface area (Å²) in [5.41, 5.74) is 1.33. The third-order valence-corrected chi connectivity index (χ3v) is 6.77. The van der Waals surface area contributed by atoms with Crippen molar-refractivity contribution in [2.24, 2.45) is 0 Å². The van der Waals surface area contributed by atoms with E-state index in [1.54, 1.807) is 54.6 Å². The number of nitrogens with one attached hydrogen (secondary N) is 1. The van der Waals surface area contributed by atoms with Gasteiger partial charge in [-0.2, -0.15) is 0 Å². The summed E-state index contributed by atoms with van der Waals surface area (Å²) in [4.78, 5) is 27.0. The van der Waals surface area contributed by atoms with E-state index in [0.717, 1.165) is 6.26 Å². The minimum Gasteiger partial charge on any atom is -0.340 e. The topological polar surface area (TPSA) is 83.6 Å². The Kier molecular flexibility index (Phi) is 6.29. The molecule has 0 aliphatic carbocycles. The highest BCUT2D eigenvalue weighted by Crippen LogP contribution is 2.32. The largest absolute Gasteiger partial charge is 0.340 e. The molecule has 0 spiro atoms. The highest BCUT2D eigenvalue weighted by Gasteiger charge is 2.32. The molecule has 1 atom stereocenters. The van der Waals surface area contributed by atoms with Crippen LogP contribution in [0.15, 0.2) is 77.7 Å². The van der Waals surface area contributed by atoms with Crippen molar-refractivity contribution in [2.45, 2.75) is 23.8 Å². The second-order valence-corrected chi connectivity index (χ2v) is 9.94. The summed E-state index contributed by atoms with van der Waals surface area (Å²) in [6, 6.07) is 18.5. The number of carbonyl (C=O) groups excluding carboxylic acids is 2. The van der Waals surface area contributed by atoms with Gasteiger partial charge in [-0.3, -0.25) is 9.59 Å². The number of amides is 2. The highest BCUT2D eigenvalue weighted by atomic mass is 32.2. The fourth-order valence-corrected chi connectivity index (χ4v) is 4.91. The predicted molar refractivity (Wildman–Crippen MR) is 124 cm³/mol. The molecule has 1 saturated heterocycles. The van der Waals surface area contributed by atoms with Gasteiger partial charge in [0.05, 0.1) is 10.6 Å². The number of benzene rings is 3. The number of halogens is 1. The lowest BCUT2D eigenvalue weighted by Crippen LogP contribution is -2.52. The number of sulfone groups is 1. The Morgan fingerprint density at radius 2 is 1.73 bits per heavy atom. The summed E-state index contributed by atoms with van der Waals surface area (Å²) in [6.07, 6.45) is 2.17. The van der Waals surface area contributed by atoms with Gasteiger partial charge < -0.3 is 10.2 Å². The van der Waals surface area contributed by atoms with Crippen molar-refractivity contribution in [2.75, 3.05) is 17.7 Å². The Morgan fingerprint density at radius 1 is 1.03 bits per heavy atom. The first-order chi connectivity index (χ1) is 15.8. The van der Waals surface area contributed by atoms with Crippen LogP contribution < -0.4 is 10.2 Å². The van der Waals surface area contributed by atoms with E-state index in [1.165, 1.54) is 23.1 Å². The minimum atomic E-state index is -3.50. The molecule has 1 fully saturated rings. The fraction of sp³-hybridized carbons (Fsp3) is 0.200. The molecule has 1 aliphatic heterocycles. The number of piperidine rings is 1. The number of anilines is 1. The molecular weight excluding hydrogens is 443 g/mol. The van der Waals surface area contributed by atoms with E-state index in [2.05, 4.69) is 5.32 Å². The Hall–Kier alpha value is -3.52. The zero-order valence-electron chi connectivity index (χ0n) is 18.0. The molecular formula is C25H23FN2O4S. The van der Waals surface area contributed by atoms with Gasteiger partial charge in [-0.25, -0.2) is 12.8 Å². The monoisotopic (exact) mass is 466 g/mol. The lowest BCUT2D eigenvalue weighted by atomic mass is 10.0. The molecule has 0 radical (unpaired) electrons. The molecule has 4 rings (SSSR count). The summed E-state index contributed by atoms with van der Waals surface area (Å²) >= 11 is 0. The maximum absolute atomic E-state index is 15.1. The Morgan fingerprint density at radius 3 is 2.42 bits per heavy atom. The van der Waals surface area contributed by atoms with Crippen molar-refractivity contribution < 1.29 is 22.4 Å². The standard InChI is InChI=1S/C25H23FN2O4S/c1-33(31,32)23-12-6-5-10-19(23)18-13-14-22(20(26)16-18)28-15-7-11-21(25(28)30)27-24(29)17-8-3-2-4-9-17/h2-6,8-10,12-14,16,21H,7,11,15H2,1H3,(H,27,29). The number of rotatable bonds is 5. The van der Waals surface area contributed by atoms with Crippen molar-refractivity contribution in [3.05, 3.63) is 84.2 Å². The predicted octanol–water partition coefficient (Wildman–Crippen LogP) is 3.82. The molecule has 0 aromatic heterocycles. The fourth-order valence-electron chi connectivity index (χ4n) is 4.00. The van der Waals surface area contributed by atoms with Crippen LogP contribution in [0.4, 0.5) is 10.1 Å². The molecule has 33 heavy (non-hydrogen) atoms. The summed E-state index contributed by atoms with van der Waals surface area (Å²) in [5, 5.41) is 2.75. The molecule has 3 aromatic carbocycles. The maximum Gasteiger partial charge on any atom is 0.251 e. The molecule has 3 aromatic rings. The maximum atomic E-state index is 15.1. The first-order valence-corrected chi connectivity index (χ1v) is 12.4. The van der Waals surface area contributed by atoms with E-state index in [0.29, 0.717) is 36.1 Å². The van der Waals surface area contributed by atoms with E-state index in [1.807, 2.05) is 0 Å². The summed E-state index contributed by atoms with van der Waals surface area (Å²) in [7, 11) is -3.50. The molecule has 1 aliphatic rings. The zero-order valence-corrected chi connectivity index (χ0v) is 18.8. The van der Waals surface area contributed by atoms with Crippen LogP contribution in [0.25, 0.3) is 11.1 Å². The van der Waals surface area contributed by atoms with Gasteiger partial charge in [0.15, 0.2) is 9.84 Å². The van der Waals surface area contributed by atoms with Crippen molar-refractivity contribution in [1.29, 1.82) is 0 Å². The second kappa shape index (κ2) is 9.15. The molecule has 1 N–H and O–H groups in total. The first kappa shape index (κ1) is 22.7. The lowest BCUT2D eigenvalue weighted by Gasteiger charge is -2.33. The van der Waals surface area contributed by atoms with Gasteiger partial charge in [-0.05, 0) is 48.7 Å². The van der Waals surface area contributed by atoms with Gasteiger partial charge in [0, 0.05) is 23.9 Å². The third kappa shape index (κ3) is 4.80. The average Bonchev–Trinajstić information content (AvgIpc) is 2.80. The van der Waals surface area contributed by atoms with Gasteiger partial charge >= 0.3 is 0 Å². The average molecular weight is 467 g/mol. The van der Waals surface area contributed by atoms with E-state index in [4.69, 9.17) is 0 Å². The van der Waals surface area contributed by atoms with Crippen molar-refractivity contribution in [3.63, 3.8) is 0 Å². The summed E-state index contributed by atoms with van der Waals surface area (Å²) in [5.74, 6) is -1.38. The Bertz CT molecular complexity index is 1310. The van der Waals surface area contributed by atoms with Gasteiger partial charge in [0.1, 0.15) is 11.9 Å². The van der Waals surface area contributed by atoms with E-state index in [9.17, 15) is 18.0 Å². The molecule has 170 valence electrons. The van der Waals surface area contributed by atoms with Gasteiger partial charge in [0.2, 0.25) is 5.91 Å². The van der Waals surface area contributed by atoms with Crippen LogP contribution in [-0.2, 0) is 14.6 Å². The van der Waals surface area contributed by atoms with Crippen molar-refractivity contribution >= 4 is 27.3 Å². The van der Waals surface area contributed by atoms with E-state index < -0.39 is 21.7 Å². The number of hydrogen-bond acceptors (Lipinski definition) is 4. The molecule has 1 unspecified atom stereocenters. The van der Waals surface area contributed by atoms with Crippen LogP contribution in [0.5, 0.6) is 0 Å². The van der Waals surface area contributed by atoms with Crippen molar-refractivity contribution in [3.8, 4) is 11.1 Å². The van der Waals surface area contributed by atoms with Crippen molar-refractivity contribution in [1.82, 2.24) is 5.32 Å². The number of hydrogen-bond donors (Lipinski definition) is 1. The quantitative estimate of drug-likeness (QED) is 0.620. The number of nitrogens with zero attached hydrogens (tertiary/aromatic N) is 1. The summed E-state index contributed by atoms with van der Waals surface area (Å²) < 4.78 is 39.4. The molecule has 2 amide bonds. The van der Waals surface area contributed by atoms with Crippen LogP contribution in [0.1, 0.15) is 23.2 Å². The van der Waals surface area contributed by atoms with Crippen LogP contribution >= 0.6 is 0 Å². The van der Waals surface area contributed by atoms with E-state index in [-0.39, 0.29) is 22.4 Å². The third-order valence-electron chi connectivity index (χ3n) is 5.62. The SMILES string of the molecule is CS(=O)(=O)c1ccccc1-c1ccc(N2CCCC(NC(=O)c3ccccc3)C2=O)c(F)c1. The number of carbonyl (C=O) groups is 2. The highest BCUT2D eigenvalue weighted by molar-refractivity contribution is 7.90. The molecule has 0 saturated carbocycles. The lowest BCUT2D eigenvalue weighted by molar-refractivity contribution is -0.121.